The van der Waals surface area contributed by atoms with Crippen LogP contribution in [0.1, 0.15) is 17.0 Å². The maximum absolute atomic E-state index is 5.72. The van der Waals surface area contributed by atoms with Crippen LogP contribution in [0.15, 0.2) is 22.4 Å². The number of aromatic nitrogens is 4. The van der Waals surface area contributed by atoms with Gasteiger partial charge in [-0.25, -0.2) is 19.9 Å². The first kappa shape index (κ1) is 12.3. The van der Waals surface area contributed by atoms with Gasteiger partial charge in [-0.1, -0.05) is 0 Å². The Morgan fingerprint density at radius 3 is 2.29 bits per heavy atom. The lowest BCUT2D eigenvalue weighted by Crippen LogP contribution is -1.98. The first-order valence-electron chi connectivity index (χ1n) is 5.04. The summed E-state index contributed by atoms with van der Waals surface area (Å²) >= 11 is 7.10. The van der Waals surface area contributed by atoms with E-state index < -0.39 is 0 Å². The molecule has 17 heavy (non-hydrogen) atoms. The largest absolute Gasteiger partial charge is 0.227 e. The van der Waals surface area contributed by atoms with Crippen LogP contribution in [-0.2, 0) is 0 Å². The monoisotopic (exact) mass is 266 g/mol. The maximum Gasteiger partial charge on any atom is 0.223 e. The van der Waals surface area contributed by atoms with E-state index >= 15 is 0 Å². The lowest BCUT2D eigenvalue weighted by molar-refractivity contribution is 0.877. The van der Waals surface area contributed by atoms with Crippen molar-refractivity contribution in [3.63, 3.8) is 0 Å². The van der Waals surface area contributed by atoms with Gasteiger partial charge in [-0.2, -0.15) is 0 Å². The Kier molecular flexibility index (Phi) is 3.59. The molecule has 0 saturated carbocycles. The molecular formula is C11H11ClN4S. The van der Waals surface area contributed by atoms with Crippen LogP contribution >= 0.6 is 23.4 Å². The van der Waals surface area contributed by atoms with E-state index in [9.17, 15) is 0 Å². The number of halogens is 1. The Hall–Kier alpha value is -1.20. The quantitative estimate of drug-likeness (QED) is 0.618. The minimum atomic E-state index is 0.232. The Balaban J connectivity index is 2.31. The van der Waals surface area contributed by atoms with Crippen molar-refractivity contribution in [2.75, 3.05) is 0 Å². The van der Waals surface area contributed by atoms with Gasteiger partial charge in [0.15, 0.2) is 5.16 Å². The van der Waals surface area contributed by atoms with E-state index in [2.05, 4.69) is 19.9 Å². The average molecular weight is 267 g/mol. The molecular weight excluding hydrogens is 256 g/mol. The third-order valence-corrected chi connectivity index (χ3v) is 3.39. The van der Waals surface area contributed by atoms with Crippen molar-refractivity contribution in [2.24, 2.45) is 0 Å². The summed E-state index contributed by atoms with van der Waals surface area (Å²) < 4.78 is 0. The molecule has 0 radical (unpaired) electrons. The summed E-state index contributed by atoms with van der Waals surface area (Å²) in [4.78, 5) is 16.7. The summed E-state index contributed by atoms with van der Waals surface area (Å²) in [6, 6.07) is 1.78. The molecule has 2 aromatic rings. The summed E-state index contributed by atoms with van der Waals surface area (Å²) in [6.45, 7) is 5.96. The summed E-state index contributed by atoms with van der Waals surface area (Å²) in [6.07, 6.45) is 1.62. The molecule has 0 unspecified atom stereocenters. The molecule has 4 nitrogen and oxygen atoms in total. The summed E-state index contributed by atoms with van der Waals surface area (Å²) in [5.41, 5.74) is 3.09. The minimum Gasteiger partial charge on any atom is -0.227 e. The molecule has 0 aliphatic heterocycles. The van der Waals surface area contributed by atoms with Gasteiger partial charge in [-0.3, -0.25) is 0 Å². The van der Waals surface area contributed by atoms with Crippen molar-refractivity contribution in [2.45, 2.75) is 31.0 Å². The fourth-order valence-corrected chi connectivity index (χ4v) is 2.27. The molecule has 88 valence electrons. The van der Waals surface area contributed by atoms with Gasteiger partial charge >= 0.3 is 0 Å². The normalized spacial score (nSPS) is 10.6. The third kappa shape index (κ3) is 2.92. The number of hydrogen-bond acceptors (Lipinski definition) is 5. The zero-order chi connectivity index (χ0) is 12.4. The van der Waals surface area contributed by atoms with Crippen LogP contribution < -0.4 is 0 Å². The fraction of sp³-hybridized carbons (Fsp3) is 0.273. The molecule has 0 fully saturated rings. The second-order valence-corrected chi connectivity index (χ2v) is 4.89. The molecule has 0 saturated heterocycles. The molecule has 2 heterocycles. The van der Waals surface area contributed by atoms with Crippen molar-refractivity contribution >= 4 is 23.4 Å². The van der Waals surface area contributed by atoms with E-state index in [1.165, 1.54) is 11.8 Å². The first-order chi connectivity index (χ1) is 8.06. The van der Waals surface area contributed by atoms with Crippen LogP contribution in [0.2, 0.25) is 5.28 Å². The molecule has 2 aromatic heterocycles. The lowest BCUT2D eigenvalue weighted by atomic mass is 10.2. The maximum atomic E-state index is 5.72. The Labute approximate surface area is 109 Å². The van der Waals surface area contributed by atoms with E-state index in [0.29, 0.717) is 5.16 Å². The third-order valence-electron chi connectivity index (χ3n) is 2.41. The van der Waals surface area contributed by atoms with Crippen LogP contribution in [0, 0.1) is 20.8 Å². The Morgan fingerprint density at radius 2 is 1.71 bits per heavy atom. The van der Waals surface area contributed by atoms with Crippen LogP contribution in [-0.4, -0.2) is 19.9 Å². The van der Waals surface area contributed by atoms with Gasteiger partial charge in [0, 0.05) is 17.6 Å². The van der Waals surface area contributed by atoms with Crippen LogP contribution in [0.4, 0.5) is 0 Å². The molecule has 0 bridgehead atoms. The molecule has 0 atom stereocenters. The van der Waals surface area contributed by atoms with Gasteiger partial charge in [-0.15, -0.1) is 0 Å². The second-order valence-electron chi connectivity index (χ2n) is 3.57. The van der Waals surface area contributed by atoms with Gasteiger partial charge in [0.1, 0.15) is 5.03 Å². The van der Waals surface area contributed by atoms with Crippen LogP contribution in [0.5, 0.6) is 0 Å². The number of rotatable bonds is 2. The summed E-state index contributed by atoms with van der Waals surface area (Å²) in [7, 11) is 0. The summed E-state index contributed by atoms with van der Waals surface area (Å²) in [5.74, 6) is 0. The zero-order valence-corrected chi connectivity index (χ0v) is 11.3. The van der Waals surface area contributed by atoms with Gasteiger partial charge in [0.05, 0.1) is 0 Å². The molecule has 0 aromatic carbocycles. The lowest BCUT2D eigenvalue weighted by Gasteiger charge is -2.06. The molecule has 0 N–H and O–H groups in total. The van der Waals surface area contributed by atoms with E-state index in [1.54, 1.807) is 12.3 Å². The van der Waals surface area contributed by atoms with Crippen molar-refractivity contribution in [1.29, 1.82) is 0 Å². The van der Waals surface area contributed by atoms with E-state index in [1.807, 2.05) is 20.8 Å². The average Bonchev–Trinajstić information content (AvgIpc) is 2.26. The smallest absolute Gasteiger partial charge is 0.223 e. The molecule has 2 rings (SSSR count). The van der Waals surface area contributed by atoms with Gasteiger partial charge in [0.25, 0.3) is 0 Å². The second kappa shape index (κ2) is 4.98. The van der Waals surface area contributed by atoms with Crippen molar-refractivity contribution in [1.82, 2.24) is 19.9 Å². The van der Waals surface area contributed by atoms with E-state index in [4.69, 9.17) is 11.6 Å². The summed E-state index contributed by atoms with van der Waals surface area (Å²) in [5, 5.41) is 1.66. The molecule has 0 amide bonds. The highest BCUT2D eigenvalue weighted by Gasteiger charge is 2.07. The number of hydrogen-bond donors (Lipinski definition) is 0. The Morgan fingerprint density at radius 1 is 1.06 bits per heavy atom. The molecule has 0 spiro atoms. The standard InChI is InChI=1S/C11H11ClN4S/c1-6-7(2)14-11(15-8(6)3)17-9-4-5-13-10(12)16-9/h4-5H,1-3H3. The van der Waals surface area contributed by atoms with Crippen molar-refractivity contribution in [3.8, 4) is 0 Å². The number of aryl methyl sites for hydroxylation is 2. The Bertz CT molecular complexity index is 536. The molecule has 6 heteroatoms. The van der Waals surface area contributed by atoms with Crippen molar-refractivity contribution in [3.05, 3.63) is 34.5 Å². The molecule has 0 aliphatic carbocycles. The highest BCUT2D eigenvalue weighted by molar-refractivity contribution is 7.99. The highest BCUT2D eigenvalue weighted by atomic mass is 35.5. The predicted octanol–water partition coefficient (Wildman–Crippen LogP) is 3.00. The topological polar surface area (TPSA) is 51.6 Å². The highest BCUT2D eigenvalue weighted by Crippen LogP contribution is 2.24. The SMILES string of the molecule is Cc1nc(Sc2ccnc(Cl)n2)nc(C)c1C. The van der Waals surface area contributed by atoms with Gasteiger partial charge in [0.2, 0.25) is 5.28 Å². The molecule has 0 aliphatic rings. The number of nitrogens with zero attached hydrogens (tertiary/aromatic N) is 4. The fourth-order valence-electron chi connectivity index (χ4n) is 1.26. The minimum absolute atomic E-state index is 0.232. The van der Waals surface area contributed by atoms with E-state index in [-0.39, 0.29) is 5.28 Å². The van der Waals surface area contributed by atoms with Crippen LogP contribution in [0.25, 0.3) is 0 Å². The van der Waals surface area contributed by atoms with Crippen LogP contribution in [0.3, 0.4) is 0 Å². The predicted molar refractivity (Wildman–Crippen MR) is 67.4 cm³/mol. The van der Waals surface area contributed by atoms with E-state index in [0.717, 1.165) is 22.0 Å². The van der Waals surface area contributed by atoms with Crippen molar-refractivity contribution < 1.29 is 0 Å². The van der Waals surface area contributed by atoms with Gasteiger partial charge < -0.3 is 0 Å². The van der Waals surface area contributed by atoms with Gasteiger partial charge in [-0.05, 0) is 55.8 Å². The zero-order valence-electron chi connectivity index (χ0n) is 9.73. The first-order valence-corrected chi connectivity index (χ1v) is 6.24.